The fourth-order valence-electron chi connectivity index (χ4n) is 3.00. The molecule has 1 heteroatoms. The average molecular weight is 281 g/mol. The van der Waals surface area contributed by atoms with Crippen molar-refractivity contribution in [2.45, 2.75) is 45.4 Å². The first kappa shape index (κ1) is 15.8. The van der Waals surface area contributed by atoms with E-state index < -0.39 is 0 Å². The lowest BCUT2D eigenvalue weighted by Crippen LogP contribution is -2.34. The van der Waals surface area contributed by atoms with E-state index in [-0.39, 0.29) is 5.41 Å². The largest absolute Gasteiger partial charge is 0.330 e. The Morgan fingerprint density at radius 2 is 1.62 bits per heavy atom. The second-order valence-corrected chi connectivity index (χ2v) is 6.65. The molecule has 0 fully saturated rings. The van der Waals surface area contributed by atoms with Gasteiger partial charge in [-0.05, 0) is 41.5 Å². The Morgan fingerprint density at radius 3 is 2.14 bits per heavy atom. The van der Waals surface area contributed by atoms with Crippen molar-refractivity contribution in [3.05, 3.63) is 70.8 Å². The topological polar surface area (TPSA) is 26.0 Å². The van der Waals surface area contributed by atoms with Crippen LogP contribution >= 0.6 is 0 Å². The fraction of sp³-hybridized carbons (Fsp3) is 0.400. The summed E-state index contributed by atoms with van der Waals surface area (Å²) in [5.74, 6) is 0.580. The normalized spacial score (nSPS) is 14.2. The van der Waals surface area contributed by atoms with Crippen molar-refractivity contribution in [1.29, 1.82) is 0 Å². The van der Waals surface area contributed by atoms with Gasteiger partial charge >= 0.3 is 0 Å². The van der Waals surface area contributed by atoms with Gasteiger partial charge in [0.15, 0.2) is 0 Å². The summed E-state index contributed by atoms with van der Waals surface area (Å²) in [4.78, 5) is 0. The van der Waals surface area contributed by atoms with Crippen LogP contribution < -0.4 is 5.73 Å². The molecule has 0 saturated heterocycles. The molecule has 0 aliphatic rings. The van der Waals surface area contributed by atoms with Crippen LogP contribution in [0, 0.1) is 6.92 Å². The van der Waals surface area contributed by atoms with Gasteiger partial charge in [0.2, 0.25) is 0 Å². The van der Waals surface area contributed by atoms with Crippen molar-refractivity contribution in [1.82, 2.24) is 0 Å². The molecule has 1 unspecified atom stereocenters. The van der Waals surface area contributed by atoms with Gasteiger partial charge in [0, 0.05) is 12.0 Å². The molecule has 2 aromatic carbocycles. The third kappa shape index (κ3) is 3.54. The van der Waals surface area contributed by atoms with Crippen LogP contribution in [0.3, 0.4) is 0 Å². The second-order valence-electron chi connectivity index (χ2n) is 6.65. The lowest BCUT2D eigenvalue weighted by atomic mass is 9.75. The van der Waals surface area contributed by atoms with Crippen LogP contribution in [0.4, 0.5) is 0 Å². The van der Waals surface area contributed by atoms with E-state index >= 15 is 0 Å². The maximum absolute atomic E-state index is 6.13. The summed E-state index contributed by atoms with van der Waals surface area (Å²) in [6, 6.07) is 17.6. The Labute approximate surface area is 129 Å². The van der Waals surface area contributed by atoms with Crippen LogP contribution in [0.15, 0.2) is 48.5 Å². The number of rotatable bonds is 5. The standard InChI is InChI=1S/C20H27N/c1-15(2)18-11-9-17(10-12-18)13-20(4,14-21)19-8-6-5-7-16(19)3/h5-12,15H,13-14,21H2,1-4H3. The van der Waals surface area contributed by atoms with Crippen LogP contribution in [0.25, 0.3) is 0 Å². The molecule has 0 radical (unpaired) electrons. The molecular formula is C20H27N. The molecule has 21 heavy (non-hydrogen) atoms. The van der Waals surface area contributed by atoms with E-state index in [9.17, 15) is 0 Å². The minimum absolute atomic E-state index is 0.00924. The molecular weight excluding hydrogens is 254 g/mol. The van der Waals surface area contributed by atoms with Crippen LogP contribution in [0.1, 0.15) is 48.9 Å². The molecule has 2 N–H and O–H groups in total. The predicted molar refractivity (Wildman–Crippen MR) is 91.8 cm³/mol. The number of benzene rings is 2. The van der Waals surface area contributed by atoms with E-state index in [0.717, 1.165) is 6.42 Å². The SMILES string of the molecule is Cc1ccccc1C(C)(CN)Cc1ccc(C(C)C)cc1. The summed E-state index contributed by atoms with van der Waals surface area (Å²) >= 11 is 0. The minimum Gasteiger partial charge on any atom is -0.330 e. The Kier molecular flexibility index (Phi) is 4.84. The summed E-state index contributed by atoms with van der Waals surface area (Å²) in [6.07, 6.45) is 0.979. The van der Waals surface area contributed by atoms with Crippen LogP contribution in [-0.2, 0) is 11.8 Å². The maximum Gasteiger partial charge on any atom is 0.00902 e. The Balaban J connectivity index is 2.28. The second kappa shape index (κ2) is 6.44. The van der Waals surface area contributed by atoms with E-state index in [1.54, 1.807) is 0 Å². The zero-order valence-electron chi connectivity index (χ0n) is 13.7. The van der Waals surface area contributed by atoms with E-state index in [4.69, 9.17) is 5.73 Å². The highest BCUT2D eigenvalue weighted by Gasteiger charge is 2.26. The monoisotopic (exact) mass is 281 g/mol. The number of aryl methyl sites for hydroxylation is 1. The molecule has 0 spiro atoms. The Morgan fingerprint density at radius 1 is 1.00 bits per heavy atom. The molecule has 0 aliphatic carbocycles. The van der Waals surface area contributed by atoms with Crippen molar-refractivity contribution in [2.24, 2.45) is 5.73 Å². The summed E-state index contributed by atoms with van der Waals surface area (Å²) in [6.45, 7) is 9.55. The lowest BCUT2D eigenvalue weighted by Gasteiger charge is -2.30. The van der Waals surface area contributed by atoms with Crippen LogP contribution in [0.2, 0.25) is 0 Å². The summed E-state index contributed by atoms with van der Waals surface area (Å²) < 4.78 is 0. The molecule has 1 nitrogen and oxygen atoms in total. The third-order valence-electron chi connectivity index (χ3n) is 4.49. The molecule has 0 saturated carbocycles. The molecule has 2 rings (SSSR count). The molecule has 2 aromatic rings. The smallest absolute Gasteiger partial charge is 0.00902 e. The summed E-state index contributed by atoms with van der Waals surface area (Å²) in [5, 5.41) is 0. The molecule has 112 valence electrons. The van der Waals surface area contributed by atoms with Gasteiger partial charge < -0.3 is 5.73 Å². The molecule has 0 aliphatic heterocycles. The van der Waals surface area contributed by atoms with Crippen LogP contribution in [0.5, 0.6) is 0 Å². The first-order valence-electron chi connectivity index (χ1n) is 7.81. The van der Waals surface area contributed by atoms with Gasteiger partial charge in [-0.25, -0.2) is 0 Å². The highest BCUT2D eigenvalue weighted by Crippen LogP contribution is 2.30. The quantitative estimate of drug-likeness (QED) is 0.853. The zero-order chi connectivity index (χ0) is 15.5. The lowest BCUT2D eigenvalue weighted by molar-refractivity contribution is 0.478. The van der Waals surface area contributed by atoms with E-state index in [0.29, 0.717) is 12.5 Å². The summed E-state index contributed by atoms with van der Waals surface area (Å²) in [7, 11) is 0. The average Bonchev–Trinajstić information content (AvgIpc) is 2.48. The van der Waals surface area contributed by atoms with Gasteiger partial charge in [-0.1, -0.05) is 69.3 Å². The number of nitrogens with two attached hydrogens (primary N) is 1. The van der Waals surface area contributed by atoms with Crippen molar-refractivity contribution in [2.75, 3.05) is 6.54 Å². The fourth-order valence-corrected chi connectivity index (χ4v) is 3.00. The van der Waals surface area contributed by atoms with E-state index in [1.165, 1.54) is 22.3 Å². The van der Waals surface area contributed by atoms with Crippen molar-refractivity contribution < 1.29 is 0 Å². The van der Waals surface area contributed by atoms with Gasteiger partial charge in [0.25, 0.3) is 0 Å². The molecule has 0 heterocycles. The Hall–Kier alpha value is -1.60. The van der Waals surface area contributed by atoms with E-state index in [1.807, 2.05) is 0 Å². The van der Waals surface area contributed by atoms with Gasteiger partial charge in [-0.2, -0.15) is 0 Å². The van der Waals surface area contributed by atoms with Crippen LogP contribution in [-0.4, -0.2) is 6.54 Å². The highest BCUT2D eigenvalue weighted by atomic mass is 14.6. The first-order valence-corrected chi connectivity index (χ1v) is 7.81. The molecule has 0 bridgehead atoms. The molecule has 1 atom stereocenters. The first-order chi connectivity index (χ1) is 9.96. The third-order valence-corrected chi connectivity index (χ3v) is 4.49. The highest BCUT2D eigenvalue weighted by molar-refractivity contribution is 5.36. The molecule has 0 amide bonds. The Bertz CT molecular complexity index is 583. The predicted octanol–water partition coefficient (Wildman–Crippen LogP) is 4.58. The van der Waals surface area contributed by atoms with Gasteiger partial charge in [-0.15, -0.1) is 0 Å². The minimum atomic E-state index is -0.00924. The van der Waals surface area contributed by atoms with E-state index in [2.05, 4.69) is 76.2 Å². The number of hydrogen-bond acceptors (Lipinski definition) is 1. The van der Waals surface area contributed by atoms with Gasteiger partial charge in [0.05, 0.1) is 0 Å². The zero-order valence-corrected chi connectivity index (χ0v) is 13.7. The molecule has 0 aromatic heterocycles. The van der Waals surface area contributed by atoms with Crippen molar-refractivity contribution in [3.8, 4) is 0 Å². The van der Waals surface area contributed by atoms with Gasteiger partial charge in [-0.3, -0.25) is 0 Å². The number of hydrogen-bond donors (Lipinski definition) is 1. The van der Waals surface area contributed by atoms with Gasteiger partial charge in [0.1, 0.15) is 0 Å². The van der Waals surface area contributed by atoms with Crippen molar-refractivity contribution >= 4 is 0 Å². The summed E-state index contributed by atoms with van der Waals surface area (Å²) in [5.41, 5.74) is 11.6. The maximum atomic E-state index is 6.13. The van der Waals surface area contributed by atoms with Crippen molar-refractivity contribution in [3.63, 3.8) is 0 Å².